The molecule has 0 unspecified atom stereocenters. The van der Waals surface area contributed by atoms with E-state index in [4.69, 9.17) is 14.2 Å². The van der Waals surface area contributed by atoms with Crippen molar-refractivity contribution >= 4 is 5.97 Å². The highest BCUT2D eigenvalue weighted by atomic mass is 16.7. The Morgan fingerprint density at radius 2 is 1.75 bits per heavy atom. The predicted molar refractivity (Wildman–Crippen MR) is 137 cm³/mol. The Labute approximate surface area is 233 Å². The zero-order valence-electron chi connectivity index (χ0n) is 23.2. The number of cyclic esters (lactones) is 1. The van der Waals surface area contributed by atoms with Crippen molar-refractivity contribution in [2.24, 2.45) is 28.6 Å². The van der Waals surface area contributed by atoms with Crippen LogP contribution < -0.4 is 0 Å². The summed E-state index contributed by atoms with van der Waals surface area (Å²) in [5.41, 5.74) is -3.63. The number of hydrogen-bond acceptors (Lipinski definition) is 11. The van der Waals surface area contributed by atoms with Crippen LogP contribution in [0.3, 0.4) is 0 Å². The van der Waals surface area contributed by atoms with Gasteiger partial charge in [0.25, 0.3) is 0 Å². The molecule has 226 valence electrons. The minimum atomic E-state index is -1.45. The van der Waals surface area contributed by atoms with E-state index < -0.39 is 70.9 Å². The van der Waals surface area contributed by atoms with Crippen molar-refractivity contribution in [2.45, 2.75) is 119 Å². The molecule has 14 atom stereocenters. The molecule has 0 aromatic rings. The second-order valence-corrected chi connectivity index (χ2v) is 13.7. The monoisotopic (exact) mass is 568 g/mol. The summed E-state index contributed by atoms with van der Waals surface area (Å²) in [7, 11) is 0. The second kappa shape index (κ2) is 9.68. The van der Waals surface area contributed by atoms with Crippen molar-refractivity contribution in [2.75, 3.05) is 13.2 Å². The van der Waals surface area contributed by atoms with E-state index >= 15 is 0 Å². The van der Waals surface area contributed by atoms with Gasteiger partial charge in [-0.3, -0.25) is 0 Å². The van der Waals surface area contributed by atoms with E-state index in [-0.39, 0.29) is 37.4 Å². The lowest BCUT2D eigenvalue weighted by Gasteiger charge is -2.67. The van der Waals surface area contributed by atoms with Gasteiger partial charge in [0.1, 0.15) is 24.9 Å². The van der Waals surface area contributed by atoms with Gasteiger partial charge in [-0.05, 0) is 75.2 Å². The highest BCUT2D eigenvalue weighted by Gasteiger charge is 2.73. The van der Waals surface area contributed by atoms with Gasteiger partial charge in [-0.2, -0.15) is 0 Å². The van der Waals surface area contributed by atoms with Crippen molar-refractivity contribution in [1.29, 1.82) is 0 Å². The van der Waals surface area contributed by atoms with Crippen molar-refractivity contribution in [1.82, 2.24) is 0 Å². The largest absolute Gasteiger partial charge is 0.458 e. The van der Waals surface area contributed by atoms with Crippen LogP contribution >= 0.6 is 0 Å². The number of carbonyl (C=O) groups is 1. The fourth-order valence-corrected chi connectivity index (χ4v) is 9.92. The average molecular weight is 569 g/mol. The Kier molecular flexibility index (Phi) is 7.01. The fraction of sp³-hybridized carbons (Fsp3) is 0.897. The van der Waals surface area contributed by atoms with Gasteiger partial charge in [0, 0.05) is 23.3 Å². The van der Waals surface area contributed by atoms with Gasteiger partial charge in [-0.1, -0.05) is 6.92 Å². The number of hydrogen-bond donors (Lipinski definition) is 7. The summed E-state index contributed by atoms with van der Waals surface area (Å²) in [5, 5.41) is 77.8. The van der Waals surface area contributed by atoms with Crippen molar-refractivity contribution in [3.8, 4) is 0 Å². The Hall–Kier alpha value is -1.15. The molecule has 4 saturated carbocycles. The first-order valence-corrected chi connectivity index (χ1v) is 14.8. The van der Waals surface area contributed by atoms with E-state index in [9.17, 15) is 40.5 Å². The Balaban J connectivity index is 1.25. The van der Waals surface area contributed by atoms with Crippen LogP contribution in [-0.4, -0.2) is 109 Å². The first-order chi connectivity index (χ1) is 18.8. The smallest absolute Gasteiger partial charge is 0.331 e. The van der Waals surface area contributed by atoms with Gasteiger partial charge in [0.2, 0.25) is 0 Å². The zero-order valence-corrected chi connectivity index (χ0v) is 23.2. The number of fused-ring (bicyclic) bond motifs is 5. The minimum absolute atomic E-state index is 0.164. The molecule has 0 aromatic heterocycles. The first kappa shape index (κ1) is 28.9. The summed E-state index contributed by atoms with van der Waals surface area (Å²) in [6, 6.07) is 0. The van der Waals surface area contributed by atoms with Gasteiger partial charge < -0.3 is 50.0 Å². The van der Waals surface area contributed by atoms with Crippen molar-refractivity contribution in [3.05, 3.63) is 11.6 Å². The summed E-state index contributed by atoms with van der Waals surface area (Å²) >= 11 is 0. The molecular formula is C29H44O11. The van der Waals surface area contributed by atoms with E-state index in [1.807, 2.05) is 6.92 Å². The lowest BCUT2D eigenvalue weighted by atomic mass is 9.41. The van der Waals surface area contributed by atoms with Crippen molar-refractivity contribution < 1.29 is 54.8 Å². The topological polar surface area (TPSA) is 186 Å². The summed E-state index contributed by atoms with van der Waals surface area (Å²) in [4.78, 5) is 11.8. The van der Waals surface area contributed by atoms with Crippen LogP contribution in [0, 0.1) is 28.6 Å². The van der Waals surface area contributed by atoms with Crippen LogP contribution in [0.15, 0.2) is 11.6 Å². The van der Waals surface area contributed by atoms with Crippen LogP contribution in [-0.2, 0) is 19.0 Å². The second-order valence-electron chi connectivity index (χ2n) is 13.7. The molecule has 6 aliphatic rings. The van der Waals surface area contributed by atoms with E-state index in [0.717, 1.165) is 5.57 Å². The van der Waals surface area contributed by atoms with Crippen molar-refractivity contribution in [3.63, 3.8) is 0 Å². The molecule has 0 amide bonds. The molecule has 11 nitrogen and oxygen atoms in total. The van der Waals surface area contributed by atoms with Gasteiger partial charge in [-0.15, -0.1) is 0 Å². The summed E-state index contributed by atoms with van der Waals surface area (Å²) in [6.07, 6.45) is -2.81. The van der Waals surface area contributed by atoms with E-state index in [2.05, 4.69) is 0 Å². The molecule has 0 radical (unpaired) electrons. The highest BCUT2D eigenvalue weighted by molar-refractivity contribution is 5.85. The standard InChI is InChI=1S/C29H44O11/c1-14-22(33)23(34)24(35)25(39-14)40-16-3-6-27(13-30)19-10-20(31)26(2)17(15-9-21(32)38-12-15)5-8-29(26,37)18(19)4-7-28(27,36)11-16/h9,14,16-20,22-25,30-31,33-37H,3-8,10-13H2,1-2H3/t14-,16-,17+,18+,19-,20+,22-,23+,24+,25-,26-,27-,28-,29-/m0/s1. The van der Waals surface area contributed by atoms with Crippen LogP contribution in [0.5, 0.6) is 0 Å². The maximum absolute atomic E-state index is 12.4. The molecule has 1 saturated heterocycles. The SMILES string of the molecule is C[C@@H]1O[C@@H](O[C@H]2CC[C@]3(CO)[C@H]4C[C@@H](O)[C@]5(C)[C@@H](C6=CC(=O)OC6)CC[C@]5(O)[C@@H]4CC[C@]3(O)C2)[C@H](O)[C@H](O)[C@H]1O. The zero-order chi connectivity index (χ0) is 28.8. The van der Waals surface area contributed by atoms with Gasteiger partial charge in [0.15, 0.2) is 6.29 Å². The molecule has 0 aromatic carbocycles. The van der Waals surface area contributed by atoms with Gasteiger partial charge in [0.05, 0.1) is 36.1 Å². The molecule has 2 heterocycles. The normalized spacial score (nSPS) is 56.1. The van der Waals surface area contributed by atoms with E-state index in [0.29, 0.717) is 44.9 Å². The summed E-state index contributed by atoms with van der Waals surface area (Å²) in [6.45, 7) is 3.36. The molecule has 7 N–H and O–H groups in total. The molecule has 40 heavy (non-hydrogen) atoms. The third-order valence-electron chi connectivity index (χ3n) is 12.3. The third kappa shape index (κ3) is 3.79. The summed E-state index contributed by atoms with van der Waals surface area (Å²) in [5.74, 6) is -1.19. The van der Waals surface area contributed by atoms with E-state index in [1.54, 1.807) is 6.92 Å². The Bertz CT molecular complexity index is 1050. The molecule has 0 bridgehead atoms. The quantitative estimate of drug-likeness (QED) is 0.171. The number of esters is 1. The van der Waals surface area contributed by atoms with Crippen LogP contribution in [0.25, 0.3) is 0 Å². The lowest BCUT2D eigenvalue weighted by molar-refractivity contribution is -0.325. The van der Waals surface area contributed by atoms with Gasteiger partial charge >= 0.3 is 5.97 Å². The Morgan fingerprint density at radius 1 is 1.00 bits per heavy atom. The molecular weight excluding hydrogens is 524 g/mol. The molecule has 2 aliphatic heterocycles. The molecule has 5 fully saturated rings. The number of carbonyl (C=O) groups excluding carboxylic acids is 1. The molecule has 6 rings (SSSR count). The number of aliphatic hydroxyl groups is 7. The predicted octanol–water partition coefficient (Wildman–Crippen LogP) is -0.486. The first-order valence-electron chi connectivity index (χ1n) is 14.8. The van der Waals surface area contributed by atoms with Crippen LogP contribution in [0.2, 0.25) is 0 Å². The summed E-state index contributed by atoms with van der Waals surface area (Å²) < 4.78 is 16.8. The van der Waals surface area contributed by atoms with Crippen LogP contribution in [0.1, 0.15) is 65.2 Å². The molecule has 0 spiro atoms. The number of rotatable bonds is 4. The average Bonchev–Trinajstić information content (AvgIpc) is 3.46. The van der Waals surface area contributed by atoms with Gasteiger partial charge in [-0.25, -0.2) is 4.79 Å². The highest BCUT2D eigenvalue weighted by Crippen LogP contribution is 2.70. The maximum atomic E-state index is 12.4. The minimum Gasteiger partial charge on any atom is -0.458 e. The van der Waals surface area contributed by atoms with E-state index in [1.165, 1.54) is 6.08 Å². The Morgan fingerprint density at radius 3 is 2.42 bits per heavy atom. The third-order valence-corrected chi connectivity index (χ3v) is 12.3. The lowest BCUT2D eigenvalue weighted by Crippen LogP contribution is -2.72. The number of aliphatic hydroxyl groups excluding tert-OH is 5. The fourth-order valence-electron chi connectivity index (χ4n) is 9.92. The number of ether oxygens (including phenoxy) is 3. The maximum Gasteiger partial charge on any atom is 0.331 e. The molecule has 11 heteroatoms. The molecule has 4 aliphatic carbocycles. The van der Waals surface area contributed by atoms with Crippen LogP contribution in [0.4, 0.5) is 0 Å².